The van der Waals surface area contributed by atoms with Crippen molar-refractivity contribution in [3.8, 4) is 11.4 Å². The Bertz CT molecular complexity index is 1060. The smallest absolute Gasteiger partial charge is 0.246 e. The molecule has 0 aliphatic carbocycles. The van der Waals surface area contributed by atoms with Crippen LogP contribution in [0.2, 0.25) is 0 Å². The lowest BCUT2D eigenvalue weighted by molar-refractivity contribution is -0.121. The molecular weight excluding hydrogens is 344 g/mol. The zero-order valence-electron chi connectivity index (χ0n) is 15.0. The number of carbonyl (C=O) groups is 1. The second-order valence-electron chi connectivity index (χ2n) is 6.23. The third-order valence-electron chi connectivity index (χ3n) is 4.42. The van der Waals surface area contributed by atoms with Crippen LogP contribution in [0.3, 0.4) is 0 Å². The van der Waals surface area contributed by atoms with Crippen molar-refractivity contribution >= 4 is 16.8 Å². The van der Waals surface area contributed by atoms with Crippen LogP contribution in [0.5, 0.6) is 0 Å². The summed E-state index contributed by atoms with van der Waals surface area (Å²) in [6.45, 7) is 2.99. The fourth-order valence-electron chi connectivity index (χ4n) is 2.95. The summed E-state index contributed by atoms with van der Waals surface area (Å²) >= 11 is 0. The third-order valence-corrected chi connectivity index (χ3v) is 4.42. The molecule has 27 heavy (non-hydrogen) atoms. The maximum Gasteiger partial charge on any atom is 0.246 e. The van der Waals surface area contributed by atoms with E-state index in [4.69, 9.17) is 4.52 Å². The van der Waals surface area contributed by atoms with Crippen LogP contribution in [0.1, 0.15) is 24.8 Å². The van der Waals surface area contributed by atoms with E-state index in [0.29, 0.717) is 24.6 Å². The zero-order valence-corrected chi connectivity index (χ0v) is 15.0. The van der Waals surface area contributed by atoms with Gasteiger partial charge < -0.3 is 14.8 Å². The lowest BCUT2D eigenvalue weighted by atomic mass is 10.1. The zero-order chi connectivity index (χ0) is 18.6. The standard InChI is InChI=1S/C19H20N6O2/c1-2-25-12-14(10-22-25)19-23-18(27-24-19)11-21-17(26)8-7-13-9-20-16-6-4-3-5-15(13)16/h3-6,9-10,12,20H,2,7-8,11H2,1H3,(H,21,26). The van der Waals surface area contributed by atoms with Crippen LogP contribution in [0, 0.1) is 0 Å². The van der Waals surface area contributed by atoms with Crippen LogP contribution in [-0.2, 0) is 24.3 Å². The van der Waals surface area contributed by atoms with E-state index in [2.05, 4.69) is 31.6 Å². The van der Waals surface area contributed by atoms with Crippen LogP contribution in [0.4, 0.5) is 0 Å². The third kappa shape index (κ3) is 3.74. The molecule has 8 nitrogen and oxygen atoms in total. The number of rotatable bonds is 7. The molecule has 4 aromatic rings. The van der Waals surface area contributed by atoms with Gasteiger partial charge in [-0.1, -0.05) is 23.4 Å². The van der Waals surface area contributed by atoms with Crippen molar-refractivity contribution in [3.05, 3.63) is 54.3 Å². The molecule has 2 N–H and O–H groups in total. The number of aromatic nitrogens is 5. The number of aromatic amines is 1. The molecule has 0 atom stereocenters. The van der Waals surface area contributed by atoms with Crippen molar-refractivity contribution in [2.75, 3.05) is 0 Å². The van der Waals surface area contributed by atoms with Gasteiger partial charge in [0.2, 0.25) is 17.6 Å². The number of carbonyl (C=O) groups excluding carboxylic acids is 1. The average Bonchev–Trinajstić information content (AvgIpc) is 3.43. The summed E-state index contributed by atoms with van der Waals surface area (Å²) in [6.07, 6.45) is 6.57. The maximum atomic E-state index is 12.1. The van der Waals surface area contributed by atoms with E-state index in [1.54, 1.807) is 10.9 Å². The number of benzene rings is 1. The minimum Gasteiger partial charge on any atom is -0.361 e. The molecule has 0 saturated heterocycles. The van der Waals surface area contributed by atoms with Crippen molar-refractivity contribution in [1.29, 1.82) is 0 Å². The number of nitrogens with one attached hydrogen (secondary N) is 2. The first-order valence-corrected chi connectivity index (χ1v) is 8.90. The Hall–Kier alpha value is -3.42. The van der Waals surface area contributed by atoms with Gasteiger partial charge in [-0.25, -0.2) is 0 Å². The second kappa shape index (κ2) is 7.45. The highest BCUT2D eigenvalue weighted by molar-refractivity contribution is 5.84. The normalized spacial score (nSPS) is 11.1. The van der Waals surface area contributed by atoms with Gasteiger partial charge in [0.1, 0.15) is 0 Å². The van der Waals surface area contributed by atoms with Gasteiger partial charge in [0.15, 0.2) is 0 Å². The van der Waals surface area contributed by atoms with Crippen LogP contribution in [0.15, 0.2) is 47.4 Å². The maximum absolute atomic E-state index is 12.1. The number of hydrogen-bond donors (Lipinski definition) is 2. The fraction of sp³-hybridized carbons (Fsp3) is 0.263. The number of para-hydroxylation sites is 1. The number of fused-ring (bicyclic) bond motifs is 1. The van der Waals surface area contributed by atoms with Gasteiger partial charge >= 0.3 is 0 Å². The van der Waals surface area contributed by atoms with Crippen LogP contribution < -0.4 is 5.32 Å². The van der Waals surface area contributed by atoms with E-state index < -0.39 is 0 Å². The van der Waals surface area contributed by atoms with Gasteiger partial charge in [-0.2, -0.15) is 10.1 Å². The van der Waals surface area contributed by atoms with Crippen LogP contribution in [-0.4, -0.2) is 30.8 Å². The highest BCUT2D eigenvalue weighted by Crippen LogP contribution is 2.19. The molecule has 0 unspecified atom stereocenters. The Labute approximate surface area is 155 Å². The van der Waals surface area contributed by atoms with E-state index in [0.717, 1.165) is 28.6 Å². The summed E-state index contributed by atoms with van der Waals surface area (Å²) in [4.78, 5) is 19.7. The molecule has 0 fully saturated rings. The van der Waals surface area contributed by atoms with E-state index in [-0.39, 0.29) is 12.5 Å². The van der Waals surface area contributed by atoms with Crippen LogP contribution >= 0.6 is 0 Å². The summed E-state index contributed by atoms with van der Waals surface area (Å²) in [7, 11) is 0. The number of H-pyrrole nitrogens is 1. The molecular formula is C19H20N6O2. The molecule has 4 rings (SSSR count). The van der Waals surface area contributed by atoms with Crippen molar-refractivity contribution < 1.29 is 9.32 Å². The predicted octanol–water partition coefficient (Wildman–Crippen LogP) is 2.68. The summed E-state index contributed by atoms with van der Waals surface area (Å²) in [6, 6.07) is 8.06. The summed E-state index contributed by atoms with van der Waals surface area (Å²) in [5.74, 6) is 0.784. The van der Waals surface area contributed by atoms with E-state index >= 15 is 0 Å². The minimum atomic E-state index is -0.0566. The number of hydrogen-bond acceptors (Lipinski definition) is 5. The van der Waals surface area contributed by atoms with Crippen molar-refractivity contribution in [3.63, 3.8) is 0 Å². The predicted molar refractivity (Wildman–Crippen MR) is 99.7 cm³/mol. The van der Waals surface area contributed by atoms with Gasteiger partial charge in [0.05, 0.1) is 18.3 Å². The second-order valence-corrected chi connectivity index (χ2v) is 6.23. The Morgan fingerprint density at radius 1 is 1.33 bits per heavy atom. The number of nitrogens with zero attached hydrogens (tertiary/aromatic N) is 4. The summed E-state index contributed by atoms with van der Waals surface area (Å²) in [5, 5.41) is 12.1. The highest BCUT2D eigenvalue weighted by Gasteiger charge is 2.12. The molecule has 0 spiro atoms. The molecule has 138 valence electrons. The molecule has 3 aromatic heterocycles. The SMILES string of the molecule is CCn1cc(-c2noc(CNC(=O)CCc3c[nH]c4ccccc34)n2)cn1. The van der Waals surface area contributed by atoms with E-state index in [1.165, 1.54) is 0 Å². The molecule has 1 aromatic carbocycles. The quantitative estimate of drug-likeness (QED) is 0.525. The Morgan fingerprint density at radius 3 is 3.07 bits per heavy atom. The Morgan fingerprint density at radius 2 is 2.22 bits per heavy atom. The van der Waals surface area contributed by atoms with E-state index in [1.807, 2.05) is 37.5 Å². The monoisotopic (exact) mass is 364 g/mol. The molecule has 0 aliphatic rings. The number of aryl methyl sites for hydroxylation is 2. The molecule has 8 heteroatoms. The number of amides is 1. The van der Waals surface area contributed by atoms with Gasteiger partial charge in [-0.15, -0.1) is 0 Å². The first-order valence-electron chi connectivity index (χ1n) is 8.90. The van der Waals surface area contributed by atoms with Gasteiger partial charge in [0, 0.05) is 36.3 Å². The summed E-state index contributed by atoms with van der Waals surface area (Å²) < 4.78 is 6.99. The topological polar surface area (TPSA) is 102 Å². The molecule has 0 aliphatic heterocycles. The first kappa shape index (κ1) is 17.0. The minimum absolute atomic E-state index is 0.0566. The highest BCUT2D eigenvalue weighted by atomic mass is 16.5. The molecule has 0 bridgehead atoms. The molecule has 0 saturated carbocycles. The van der Waals surface area contributed by atoms with E-state index in [9.17, 15) is 4.79 Å². The summed E-state index contributed by atoms with van der Waals surface area (Å²) in [5.41, 5.74) is 3.00. The lowest BCUT2D eigenvalue weighted by Gasteiger charge is -2.02. The van der Waals surface area contributed by atoms with Gasteiger partial charge in [-0.3, -0.25) is 9.48 Å². The first-order chi connectivity index (χ1) is 13.2. The largest absolute Gasteiger partial charge is 0.361 e. The van der Waals surface area contributed by atoms with Crippen LogP contribution in [0.25, 0.3) is 22.3 Å². The fourth-order valence-corrected chi connectivity index (χ4v) is 2.95. The molecule has 0 radical (unpaired) electrons. The average molecular weight is 364 g/mol. The lowest BCUT2D eigenvalue weighted by Crippen LogP contribution is -2.23. The van der Waals surface area contributed by atoms with Crippen molar-refractivity contribution in [1.82, 2.24) is 30.2 Å². The molecule has 3 heterocycles. The Kier molecular flexibility index (Phi) is 4.69. The van der Waals surface area contributed by atoms with Gasteiger partial charge in [0.25, 0.3) is 0 Å². The van der Waals surface area contributed by atoms with Gasteiger partial charge in [-0.05, 0) is 25.0 Å². The Balaban J connectivity index is 1.30. The molecule has 1 amide bonds. The van der Waals surface area contributed by atoms with Crippen molar-refractivity contribution in [2.24, 2.45) is 0 Å². The van der Waals surface area contributed by atoms with Crippen molar-refractivity contribution in [2.45, 2.75) is 32.9 Å².